The zero-order valence-electron chi connectivity index (χ0n) is 11.7. The van der Waals surface area contributed by atoms with Crippen LogP contribution in [0.5, 0.6) is 0 Å². The molecule has 0 bridgehead atoms. The minimum atomic E-state index is -1.49. The second kappa shape index (κ2) is 5.91. The molecule has 2 rings (SSSR count). The van der Waals surface area contributed by atoms with Crippen LogP contribution in [0.25, 0.3) is 0 Å². The van der Waals surface area contributed by atoms with E-state index in [0.29, 0.717) is 6.54 Å². The molecule has 0 saturated heterocycles. The lowest BCUT2D eigenvalue weighted by Crippen LogP contribution is -2.19. The summed E-state index contributed by atoms with van der Waals surface area (Å²) in [5, 5.41) is 8.81. The van der Waals surface area contributed by atoms with Crippen molar-refractivity contribution >= 4 is 17.3 Å². The number of anilines is 2. The van der Waals surface area contributed by atoms with Crippen molar-refractivity contribution in [1.29, 1.82) is 0 Å². The summed E-state index contributed by atoms with van der Waals surface area (Å²) in [6.45, 7) is 4.14. The maximum absolute atomic E-state index is 14.2. The van der Waals surface area contributed by atoms with Crippen LogP contribution in [0.4, 0.5) is 20.2 Å². The van der Waals surface area contributed by atoms with Crippen molar-refractivity contribution in [3.8, 4) is 0 Å². The van der Waals surface area contributed by atoms with E-state index in [2.05, 4.69) is 0 Å². The molecule has 2 aromatic rings. The molecule has 0 saturated carbocycles. The standard InChI is InChI=1S/C16H15F2NO2/c1-3-19(11-6-4-5-10(2)9-11)13-8-7-12(16(20)21)14(17)15(13)18/h4-9H,3H2,1-2H3,(H,20,21). The Morgan fingerprint density at radius 3 is 2.48 bits per heavy atom. The average molecular weight is 291 g/mol. The molecule has 21 heavy (non-hydrogen) atoms. The average Bonchev–Trinajstić information content (AvgIpc) is 2.44. The van der Waals surface area contributed by atoms with Crippen LogP contribution in [0, 0.1) is 18.6 Å². The third kappa shape index (κ3) is 2.86. The predicted octanol–water partition coefficient (Wildman–Crippen LogP) is 4.13. The van der Waals surface area contributed by atoms with Gasteiger partial charge in [0.05, 0.1) is 11.3 Å². The van der Waals surface area contributed by atoms with Crippen molar-refractivity contribution in [2.75, 3.05) is 11.4 Å². The zero-order chi connectivity index (χ0) is 15.6. The summed E-state index contributed by atoms with van der Waals surface area (Å²) in [7, 11) is 0. The van der Waals surface area contributed by atoms with E-state index in [0.717, 1.165) is 17.3 Å². The van der Waals surface area contributed by atoms with Crippen molar-refractivity contribution < 1.29 is 18.7 Å². The molecule has 1 N–H and O–H groups in total. The maximum atomic E-state index is 14.2. The number of aryl methyl sites for hydroxylation is 1. The van der Waals surface area contributed by atoms with Gasteiger partial charge in [-0.05, 0) is 43.7 Å². The summed E-state index contributed by atoms with van der Waals surface area (Å²) < 4.78 is 28.0. The molecule has 0 spiro atoms. The molecule has 0 aliphatic heterocycles. The van der Waals surface area contributed by atoms with Gasteiger partial charge in [0, 0.05) is 12.2 Å². The van der Waals surface area contributed by atoms with Gasteiger partial charge in [0.25, 0.3) is 0 Å². The largest absolute Gasteiger partial charge is 0.478 e. The Bertz CT molecular complexity index is 686. The summed E-state index contributed by atoms with van der Waals surface area (Å²) in [4.78, 5) is 12.4. The molecule has 0 aromatic heterocycles. The highest BCUT2D eigenvalue weighted by Crippen LogP contribution is 2.30. The molecule has 5 heteroatoms. The number of halogens is 2. The number of nitrogens with zero attached hydrogens (tertiary/aromatic N) is 1. The van der Waals surface area contributed by atoms with Gasteiger partial charge < -0.3 is 10.0 Å². The fraction of sp³-hybridized carbons (Fsp3) is 0.188. The fourth-order valence-corrected chi connectivity index (χ4v) is 2.20. The quantitative estimate of drug-likeness (QED) is 0.920. The van der Waals surface area contributed by atoms with Crippen LogP contribution in [-0.4, -0.2) is 17.6 Å². The third-order valence-corrected chi connectivity index (χ3v) is 3.21. The molecule has 0 atom stereocenters. The van der Waals surface area contributed by atoms with Gasteiger partial charge in [0.1, 0.15) is 0 Å². The minimum Gasteiger partial charge on any atom is -0.478 e. The van der Waals surface area contributed by atoms with Gasteiger partial charge in [-0.25, -0.2) is 13.6 Å². The van der Waals surface area contributed by atoms with Crippen molar-refractivity contribution in [3.63, 3.8) is 0 Å². The first-order chi connectivity index (χ1) is 9.95. The number of aromatic carboxylic acids is 1. The van der Waals surface area contributed by atoms with Crippen molar-refractivity contribution in [3.05, 3.63) is 59.2 Å². The summed E-state index contributed by atoms with van der Waals surface area (Å²) >= 11 is 0. The molecule has 0 amide bonds. The molecule has 0 fully saturated rings. The number of carboxylic acids is 1. The number of rotatable bonds is 4. The molecule has 0 unspecified atom stereocenters. The van der Waals surface area contributed by atoms with E-state index >= 15 is 0 Å². The number of hydrogen-bond acceptors (Lipinski definition) is 2. The highest BCUT2D eigenvalue weighted by Gasteiger charge is 2.21. The molecule has 0 aliphatic carbocycles. The Morgan fingerprint density at radius 2 is 1.90 bits per heavy atom. The van der Waals surface area contributed by atoms with E-state index < -0.39 is 23.2 Å². The van der Waals surface area contributed by atoms with Gasteiger partial charge in [0.2, 0.25) is 0 Å². The summed E-state index contributed by atoms with van der Waals surface area (Å²) in [5.74, 6) is -3.99. The van der Waals surface area contributed by atoms with Crippen molar-refractivity contribution in [2.24, 2.45) is 0 Å². The molecule has 0 aliphatic rings. The van der Waals surface area contributed by atoms with Crippen LogP contribution in [0.2, 0.25) is 0 Å². The first kappa shape index (κ1) is 15.0. The number of carbonyl (C=O) groups is 1. The molecular weight excluding hydrogens is 276 g/mol. The zero-order valence-corrected chi connectivity index (χ0v) is 11.7. The Balaban J connectivity index is 2.53. The summed E-state index contributed by atoms with van der Waals surface area (Å²) in [6.07, 6.45) is 0. The lowest BCUT2D eigenvalue weighted by atomic mass is 10.1. The normalized spacial score (nSPS) is 10.5. The van der Waals surface area contributed by atoms with Crippen LogP contribution in [0.3, 0.4) is 0 Å². The smallest absolute Gasteiger partial charge is 0.338 e. The van der Waals surface area contributed by atoms with Crippen LogP contribution in [-0.2, 0) is 0 Å². The second-order valence-electron chi connectivity index (χ2n) is 4.65. The van der Waals surface area contributed by atoms with Gasteiger partial charge in [0.15, 0.2) is 11.6 Å². The second-order valence-corrected chi connectivity index (χ2v) is 4.65. The van der Waals surface area contributed by atoms with Crippen LogP contribution in [0.15, 0.2) is 36.4 Å². The third-order valence-electron chi connectivity index (χ3n) is 3.21. The van der Waals surface area contributed by atoms with E-state index in [1.165, 1.54) is 6.07 Å². The number of carboxylic acid groups (broad SMARTS) is 1. The summed E-state index contributed by atoms with van der Waals surface area (Å²) in [5.41, 5.74) is 1.06. The first-order valence-corrected chi connectivity index (χ1v) is 6.51. The van der Waals surface area contributed by atoms with Crippen LogP contribution >= 0.6 is 0 Å². The van der Waals surface area contributed by atoms with Gasteiger partial charge in [-0.3, -0.25) is 0 Å². The Morgan fingerprint density at radius 1 is 1.19 bits per heavy atom. The Labute approximate surface area is 121 Å². The van der Waals surface area contributed by atoms with Gasteiger partial charge in [-0.2, -0.15) is 0 Å². The monoisotopic (exact) mass is 291 g/mol. The van der Waals surface area contributed by atoms with Gasteiger partial charge in [-0.1, -0.05) is 12.1 Å². The minimum absolute atomic E-state index is 0.0191. The van der Waals surface area contributed by atoms with Crippen molar-refractivity contribution in [2.45, 2.75) is 13.8 Å². The lowest BCUT2D eigenvalue weighted by molar-refractivity contribution is 0.0690. The van der Waals surface area contributed by atoms with Crippen molar-refractivity contribution in [1.82, 2.24) is 0 Å². The molecule has 0 heterocycles. The SMILES string of the molecule is CCN(c1cccc(C)c1)c1ccc(C(=O)O)c(F)c1F. The first-order valence-electron chi connectivity index (χ1n) is 6.51. The van der Waals surface area contributed by atoms with E-state index in [9.17, 15) is 13.6 Å². The number of hydrogen-bond donors (Lipinski definition) is 1. The van der Waals surface area contributed by atoms with Crippen LogP contribution in [0.1, 0.15) is 22.8 Å². The highest BCUT2D eigenvalue weighted by molar-refractivity contribution is 5.88. The predicted molar refractivity (Wildman–Crippen MR) is 77.2 cm³/mol. The Kier molecular flexibility index (Phi) is 4.21. The highest BCUT2D eigenvalue weighted by atomic mass is 19.2. The Hall–Kier alpha value is -2.43. The summed E-state index contributed by atoms with van der Waals surface area (Å²) in [6, 6.07) is 9.74. The van der Waals surface area contributed by atoms with E-state index in [1.54, 1.807) is 11.0 Å². The fourth-order valence-electron chi connectivity index (χ4n) is 2.20. The molecule has 0 radical (unpaired) electrons. The lowest BCUT2D eigenvalue weighted by Gasteiger charge is -2.24. The van der Waals surface area contributed by atoms with E-state index in [1.807, 2.05) is 32.0 Å². The van der Waals surface area contributed by atoms with E-state index in [-0.39, 0.29) is 5.69 Å². The number of benzene rings is 2. The molecule has 2 aromatic carbocycles. The maximum Gasteiger partial charge on any atom is 0.338 e. The van der Waals surface area contributed by atoms with E-state index in [4.69, 9.17) is 5.11 Å². The van der Waals surface area contributed by atoms with Gasteiger partial charge in [-0.15, -0.1) is 0 Å². The molecule has 3 nitrogen and oxygen atoms in total. The molecular formula is C16H15F2NO2. The van der Waals surface area contributed by atoms with Gasteiger partial charge >= 0.3 is 5.97 Å². The topological polar surface area (TPSA) is 40.5 Å². The molecule has 110 valence electrons. The van der Waals surface area contributed by atoms with Crippen LogP contribution < -0.4 is 4.90 Å².